The zero-order chi connectivity index (χ0) is 24.1. The predicted octanol–water partition coefficient (Wildman–Crippen LogP) is 1.85. The molecule has 1 aromatic heterocycles. The van der Waals surface area contributed by atoms with Crippen LogP contribution in [0.2, 0.25) is 0 Å². The number of ether oxygens (including phenoxy) is 1. The van der Waals surface area contributed by atoms with Crippen molar-refractivity contribution >= 4 is 40.6 Å². The van der Waals surface area contributed by atoms with Gasteiger partial charge in [0.15, 0.2) is 0 Å². The van der Waals surface area contributed by atoms with E-state index in [0.29, 0.717) is 63.7 Å². The number of hydrogen-bond acceptors (Lipinski definition) is 7. The Bertz CT molecular complexity index is 1020. The number of carbonyl (C=O) groups is 3. The van der Waals surface area contributed by atoms with Crippen molar-refractivity contribution in [1.29, 1.82) is 0 Å². The van der Waals surface area contributed by atoms with E-state index in [4.69, 9.17) is 10.5 Å². The van der Waals surface area contributed by atoms with Crippen LogP contribution in [-0.4, -0.2) is 85.3 Å². The Labute approximate surface area is 201 Å². The van der Waals surface area contributed by atoms with E-state index in [1.807, 2.05) is 21.2 Å². The molecular weight excluding hydrogens is 458 g/mol. The minimum absolute atomic E-state index is 0.0459. The molecule has 182 valence electrons. The van der Waals surface area contributed by atoms with Crippen LogP contribution in [-0.2, 0) is 9.53 Å². The van der Waals surface area contributed by atoms with E-state index in [2.05, 4.69) is 10.2 Å². The number of benzene rings is 1. The molecule has 0 aliphatic carbocycles. The van der Waals surface area contributed by atoms with Crippen molar-refractivity contribution in [2.24, 2.45) is 0 Å². The number of thiophene rings is 1. The molecule has 4 N–H and O–H groups in total. The summed E-state index contributed by atoms with van der Waals surface area (Å²) in [5, 5.41) is 13.9. The number of carbonyl (C=O) groups excluding carboxylic acids is 2. The van der Waals surface area contributed by atoms with Crippen LogP contribution < -0.4 is 16.0 Å². The second-order valence-corrected chi connectivity index (χ2v) is 9.25. The number of nitrogens with zero attached hydrogens (tertiary/aromatic N) is 3. The lowest BCUT2D eigenvalue weighted by molar-refractivity contribution is -0.137. The van der Waals surface area contributed by atoms with Crippen molar-refractivity contribution in [3.8, 4) is 0 Å². The Balaban J connectivity index is 1.37. The maximum Gasteiger partial charge on any atom is 0.320 e. The molecule has 1 unspecified atom stereocenters. The minimum atomic E-state index is -0.986. The first-order valence-electron chi connectivity index (χ1n) is 11.2. The number of piperazine rings is 1. The zero-order valence-corrected chi connectivity index (χ0v) is 19.6. The van der Waals surface area contributed by atoms with Gasteiger partial charge in [0.2, 0.25) is 0 Å². The predicted molar refractivity (Wildman–Crippen MR) is 129 cm³/mol. The highest BCUT2D eigenvalue weighted by Crippen LogP contribution is 2.27. The number of urea groups is 1. The van der Waals surface area contributed by atoms with Crippen LogP contribution in [0.15, 0.2) is 35.7 Å². The number of nitrogens with one attached hydrogen (secondary N) is 1. The first-order valence-corrected chi connectivity index (χ1v) is 12.1. The summed E-state index contributed by atoms with van der Waals surface area (Å²) in [6.07, 6.45) is -0.201. The molecule has 34 heavy (non-hydrogen) atoms. The smallest absolute Gasteiger partial charge is 0.320 e. The summed E-state index contributed by atoms with van der Waals surface area (Å²) in [7, 11) is 0. The quantitative estimate of drug-likeness (QED) is 0.531. The van der Waals surface area contributed by atoms with Gasteiger partial charge in [-0.15, -0.1) is 11.3 Å². The second-order valence-electron chi connectivity index (χ2n) is 8.27. The van der Waals surface area contributed by atoms with Crippen molar-refractivity contribution in [2.45, 2.75) is 12.5 Å². The molecule has 3 heterocycles. The van der Waals surface area contributed by atoms with Crippen molar-refractivity contribution < 1.29 is 24.2 Å². The highest BCUT2D eigenvalue weighted by Gasteiger charge is 2.27. The Hall–Kier alpha value is -3.31. The van der Waals surface area contributed by atoms with Gasteiger partial charge in [-0.3, -0.25) is 9.59 Å². The third kappa shape index (κ3) is 5.60. The molecule has 2 fully saturated rings. The molecule has 2 aliphatic heterocycles. The Morgan fingerprint density at radius 2 is 1.76 bits per heavy atom. The fourth-order valence-electron chi connectivity index (χ4n) is 4.21. The number of carboxylic acids is 1. The first-order chi connectivity index (χ1) is 16.4. The standard InChI is InChI=1S/C23H29N5O5S/c24-17-14-16(22(31)25-18(15-21(29)30)20-2-1-13-34-20)3-4-19(17)26-5-7-27(8-6-26)23(32)28-9-11-33-12-10-28/h1-4,13-14,18H,5-12,15,24H2,(H,25,31)(H,29,30). The molecule has 4 rings (SSSR count). The van der Waals surface area contributed by atoms with Crippen LogP contribution in [0, 0.1) is 0 Å². The molecular formula is C23H29N5O5S. The van der Waals surface area contributed by atoms with Gasteiger partial charge in [-0.2, -0.15) is 0 Å². The molecule has 3 amide bonds. The maximum atomic E-state index is 12.8. The number of amides is 3. The highest BCUT2D eigenvalue weighted by molar-refractivity contribution is 7.10. The maximum absolute atomic E-state index is 12.8. The van der Waals surface area contributed by atoms with Gasteiger partial charge in [-0.25, -0.2) is 4.79 Å². The topological polar surface area (TPSA) is 128 Å². The van der Waals surface area contributed by atoms with Gasteiger partial charge >= 0.3 is 12.0 Å². The molecule has 1 atom stereocenters. The van der Waals surface area contributed by atoms with Crippen LogP contribution in [0.4, 0.5) is 16.2 Å². The van der Waals surface area contributed by atoms with E-state index in [0.717, 1.165) is 10.6 Å². The van der Waals surface area contributed by atoms with Crippen molar-refractivity contribution in [3.63, 3.8) is 0 Å². The largest absolute Gasteiger partial charge is 0.481 e. The van der Waals surface area contributed by atoms with Crippen molar-refractivity contribution in [2.75, 3.05) is 63.1 Å². The fourth-order valence-corrected chi connectivity index (χ4v) is 4.98. The second kappa shape index (κ2) is 10.7. The SMILES string of the molecule is Nc1cc(C(=O)NC(CC(=O)O)c2cccs2)ccc1N1CCN(C(=O)N2CCOCC2)CC1. The number of morpholine rings is 1. The summed E-state index contributed by atoms with van der Waals surface area (Å²) >= 11 is 1.40. The molecule has 2 saturated heterocycles. The van der Waals surface area contributed by atoms with E-state index in [-0.39, 0.29) is 18.4 Å². The van der Waals surface area contributed by atoms with E-state index in [9.17, 15) is 19.5 Å². The van der Waals surface area contributed by atoms with Gasteiger partial charge in [0, 0.05) is 49.7 Å². The average molecular weight is 488 g/mol. The van der Waals surface area contributed by atoms with Crippen LogP contribution in [0.25, 0.3) is 0 Å². The lowest BCUT2D eigenvalue weighted by atomic mass is 10.1. The lowest BCUT2D eigenvalue weighted by Crippen LogP contribution is -2.54. The normalized spacial score (nSPS) is 17.4. The Kier molecular flexibility index (Phi) is 7.53. The van der Waals surface area contributed by atoms with Crippen molar-refractivity contribution in [3.05, 3.63) is 46.2 Å². The minimum Gasteiger partial charge on any atom is -0.481 e. The highest BCUT2D eigenvalue weighted by atomic mass is 32.1. The van der Waals surface area contributed by atoms with Crippen LogP contribution in [0.1, 0.15) is 27.7 Å². The molecule has 0 spiro atoms. The van der Waals surface area contributed by atoms with Gasteiger partial charge < -0.3 is 35.6 Å². The first kappa shape index (κ1) is 23.8. The van der Waals surface area contributed by atoms with Gasteiger partial charge in [-0.1, -0.05) is 6.07 Å². The lowest BCUT2D eigenvalue weighted by Gasteiger charge is -2.39. The summed E-state index contributed by atoms with van der Waals surface area (Å²) in [6, 6.07) is 8.18. The van der Waals surface area contributed by atoms with Crippen LogP contribution in [0.5, 0.6) is 0 Å². The van der Waals surface area contributed by atoms with Gasteiger partial charge in [-0.05, 0) is 29.6 Å². The number of nitrogens with two attached hydrogens (primary N) is 1. The summed E-state index contributed by atoms with van der Waals surface area (Å²) in [4.78, 5) is 43.3. The summed E-state index contributed by atoms with van der Waals surface area (Å²) in [5.74, 6) is -1.36. The van der Waals surface area contributed by atoms with E-state index >= 15 is 0 Å². The number of hydrogen-bond donors (Lipinski definition) is 3. The van der Waals surface area contributed by atoms with Gasteiger partial charge in [0.1, 0.15) is 0 Å². The molecule has 0 saturated carbocycles. The van der Waals surface area contributed by atoms with Gasteiger partial charge in [0.25, 0.3) is 5.91 Å². The molecule has 2 aliphatic rings. The van der Waals surface area contributed by atoms with E-state index in [1.165, 1.54) is 11.3 Å². The van der Waals surface area contributed by atoms with E-state index < -0.39 is 12.0 Å². The molecule has 11 heteroatoms. The average Bonchev–Trinajstić information content (AvgIpc) is 3.39. The van der Waals surface area contributed by atoms with Crippen LogP contribution in [0.3, 0.4) is 0 Å². The van der Waals surface area contributed by atoms with Crippen molar-refractivity contribution in [1.82, 2.24) is 15.1 Å². The molecule has 10 nitrogen and oxygen atoms in total. The van der Waals surface area contributed by atoms with Crippen LogP contribution >= 0.6 is 11.3 Å². The Morgan fingerprint density at radius 3 is 2.38 bits per heavy atom. The number of carboxylic acid groups (broad SMARTS) is 1. The Morgan fingerprint density at radius 1 is 1.06 bits per heavy atom. The third-order valence-electron chi connectivity index (χ3n) is 6.03. The number of aliphatic carboxylic acids is 1. The summed E-state index contributed by atoms with van der Waals surface area (Å²) in [6.45, 7) is 4.87. The summed E-state index contributed by atoms with van der Waals surface area (Å²) < 4.78 is 5.32. The molecule has 1 aromatic carbocycles. The van der Waals surface area contributed by atoms with Gasteiger partial charge in [0.05, 0.1) is 37.1 Å². The fraction of sp³-hybridized carbons (Fsp3) is 0.435. The third-order valence-corrected chi connectivity index (χ3v) is 7.02. The molecule has 0 bridgehead atoms. The zero-order valence-electron chi connectivity index (χ0n) is 18.8. The van der Waals surface area contributed by atoms with E-state index in [1.54, 1.807) is 24.3 Å². The number of nitrogen functional groups attached to an aromatic ring is 1. The molecule has 2 aromatic rings. The summed E-state index contributed by atoms with van der Waals surface area (Å²) in [5.41, 5.74) is 7.94. The monoisotopic (exact) mass is 487 g/mol. The number of anilines is 2. The number of rotatable bonds is 6. The molecule has 0 radical (unpaired) electrons.